The van der Waals surface area contributed by atoms with E-state index in [0.29, 0.717) is 0 Å². The molecule has 1 amide bonds. The van der Waals surface area contributed by atoms with Gasteiger partial charge in [0.25, 0.3) is 0 Å². The highest BCUT2D eigenvalue weighted by Gasteiger charge is 2.22. The third-order valence-electron chi connectivity index (χ3n) is 6.27. The molecule has 2 aliphatic heterocycles. The molecule has 158 valence electrons. The fraction of sp³-hybridized carbons (Fsp3) is 0.440. The number of benzene rings is 1. The topological polar surface area (TPSA) is 40.9 Å². The van der Waals surface area contributed by atoms with Gasteiger partial charge < -0.3 is 14.7 Å². The number of hydrogen-bond acceptors (Lipinski definition) is 3. The third kappa shape index (κ3) is 5.70. The van der Waals surface area contributed by atoms with Crippen LogP contribution in [-0.2, 0) is 11.3 Å². The average Bonchev–Trinajstić information content (AvgIpc) is 3.09. The Balaban J connectivity index is 1.25. The second-order valence-corrected chi connectivity index (χ2v) is 8.43. The van der Waals surface area contributed by atoms with E-state index in [1.165, 1.54) is 41.8 Å². The van der Waals surface area contributed by atoms with Crippen LogP contribution in [0.4, 0.5) is 5.69 Å². The maximum atomic E-state index is 12.6. The molecule has 2 aliphatic rings. The Morgan fingerprint density at radius 2 is 1.57 bits per heavy atom. The Kier molecular flexibility index (Phi) is 7.14. The van der Waals surface area contributed by atoms with Crippen molar-refractivity contribution in [2.75, 3.05) is 44.2 Å². The van der Waals surface area contributed by atoms with Crippen molar-refractivity contribution in [2.24, 2.45) is 0 Å². The molecule has 0 saturated carbocycles. The van der Waals surface area contributed by atoms with Crippen LogP contribution in [0, 0.1) is 0 Å². The van der Waals surface area contributed by atoms with Crippen LogP contribution in [0.25, 0.3) is 6.08 Å². The van der Waals surface area contributed by atoms with Crippen LogP contribution in [0.2, 0.25) is 0 Å². The summed E-state index contributed by atoms with van der Waals surface area (Å²) in [5.74, 6) is 0.120. The van der Waals surface area contributed by atoms with E-state index >= 15 is 0 Å². The molecule has 4 rings (SSSR count). The largest absolute Gasteiger partial charge is 0.372 e. The maximum absolute atomic E-state index is 12.6. The van der Waals surface area contributed by atoms with Crippen LogP contribution in [0.1, 0.15) is 36.8 Å². The van der Waals surface area contributed by atoms with Gasteiger partial charge in [-0.05, 0) is 48.7 Å². The van der Waals surface area contributed by atoms with Crippen molar-refractivity contribution in [2.45, 2.75) is 32.2 Å². The number of carbonyl (C=O) groups excluding carboxylic acids is 1. The highest BCUT2D eigenvalue weighted by molar-refractivity contribution is 5.91. The Bertz CT molecular complexity index is 818. The van der Waals surface area contributed by atoms with E-state index in [1.54, 1.807) is 6.08 Å². The number of aromatic nitrogens is 1. The second kappa shape index (κ2) is 10.4. The molecular weight excluding hydrogens is 372 g/mol. The smallest absolute Gasteiger partial charge is 0.246 e. The summed E-state index contributed by atoms with van der Waals surface area (Å²) in [6.45, 7) is 6.93. The van der Waals surface area contributed by atoms with E-state index in [9.17, 15) is 4.79 Å². The summed E-state index contributed by atoms with van der Waals surface area (Å²) in [4.78, 5) is 22.7. The lowest BCUT2D eigenvalue weighted by molar-refractivity contribution is -0.917. The summed E-state index contributed by atoms with van der Waals surface area (Å²) in [6, 6.07) is 12.8. The zero-order valence-corrected chi connectivity index (χ0v) is 17.8. The van der Waals surface area contributed by atoms with Gasteiger partial charge in [-0.25, -0.2) is 0 Å². The zero-order valence-electron chi connectivity index (χ0n) is 17.8. The quantitative estimate of drug-likeness (QED) is 0.777. The first-order valence-electron chi connectivity index (χ1n) is 11.3. The number of hydrogen-bond donors (Lipinski definition) is 1. The molecule has 0 atom stereocenters. The van der Waals surface area contributed by atoms with Gasteiger partial charge in [-0.3, -0.25) is 9.78 Å². The summed E-state index contributed by atoms with van der Waals surface area (Å²) in [7, 11) is 0. The Hall–Kier alpha value is -2.66. The summed E-state index contributed by atoms with van der Waals surface area (Å²) >= 11 is 0. The van der Waals surface area contributed by atoms with Crippen molar-refractivity contribution in [1.82, 2.24) is 9.88 Å². The van der Waals surface area contributed by atoms with Gasteiger partial charge in [0.1, 0.15) is 6.54 Å². The number of anilines is 1. The van der Waals surface area contributed by atoms with Gasteiger partial charge in [-0.15, -0.1) is 0 Å². The van der Waals surface area contributed by atoms with E-state index in [2.05, 4.69) is 46.3 Å². The van der Waals surface area contributed by atoms with Crippen molar-refractivity contribution in [3.63, 3.8) is 0 Å². The van der Waals surface area contributed by atoms with Gasteiger partial charge in [0.05, 0.1) is 26.2 Å². The normalized spacial score (nSPS) is 18.5. The Morgan fingerprint density at radius 3 is 2.23 bits per heavy atom. The van der Waals surface area contributed by atoms with Crippen molar-refractivity contribution in [3.05, 3.63) is 66.0 Å². The van der Waals surface area contributed by atoms with E-state index in [4.69, 9.17) is 0 Å². The van der Waals surface area contributed by atoms with Crippen molar-refractivity contribution in [3.8, 4) is 0 Å². The first-order valence-corrected chi connectivity index (χ1v) is 11.3. The standard InChI is InChI=1S/C25H32N4O/c30-25(29-19-17-27(18-20-29)21-23-11-13-26-14-12-23)10-7-22-5-8-24(9-6-22)28-15-3-1-2-4-16-28/h5-14H,1-4,15-21H2/p+1/b10-7+. The first kappa shape index (κ1) is 20.6. The minimum Gasteiger partial charge on any atom is -0.372 e. The minimum atomic E-state index is 0.120. The number of piperazine rings is 1. The fourth-order valence-corrected chi connectivity index (χ4v) is 4.41. The summed E-state index contributed by atoms with van der Waals surface area (Å²) in [5, 5.41) is 0. The van der Waals surface area contributed by atoms with Crippen LogP contribution in [0.3, 0.4) is 0 Å². The lowest BCUT2D eigenvalue weighted by Crippen LogP contribution is -3.13. The van der Waals surface area contributed by atoms with E-state index in [1.807, 2.05) is 23.4 Å². The van der Waals surface area contributed by atoms with Crippen LogP contribution in [-0.4, -0.2) is 55.1 Å². The number of amides is 1. The van der Waals surface area contributed by atoms with E-state index < -0.39 is 0 Å². The molecule has 0 aliphatic carbocycles. The number of quaternary nitrogens is 1. The molecule has 1 aromatic carbocycles. The lowest BCUT2D eigenvalue weighted by atomic mass is 10.1. The van der Waals surface area contributed by atoms with Crippen LogP contribution >= 0.6 is 0 Å². The molecule has 0 radical (unpaired) electrons. The number of nitrogens with one attached hydrogen (secondary N) is 1. The van der Waals surface area contributed by atoms with Crippen LogP contribution < -0.4 is 9.80 Å². The zero-order chi connectivity index (χ0) is 20.6. The number of rotatable bonds is 5. The highest BCUT2D eigenvalue weighted by Crippen LogP contribution is 2.20. The molecule has 3 heterocycles. The molecule has 2 aromatic rings. The number of carbonyl (C=O) groups is 1. The monoisotopic (exact) mass is 405 g/mol. The van der Waals surface area contributed by atoms with E-state index in [0.717, 1.165) is 51.4 Å². The Morgan fingerprint density at radius 1 is 0.900 bits per heavy atom. The Labute approximate surface area is 180 Å². The van der Waals surface area contributed by atoms with E-state index in [-0.39, 0.29) is 5.91 Å². The molecule has 5 heteroatoms. The first-order chi connectivity index (χ1) is 14.8. The fourth-order valence-electron chi connectivity index (χ4n) is 4.41. The minimum absolute atomic E-state index is 0.120. The predicted molar refractivity (Wildman–Crippen MR) is 121 cm³/mol. The number of pyridine rings is 1. The van der Waals surface area contributed by atoms with Gasteiger partial charge in [0, 0.05) is 42.8 Å². The van der Waals surface area contributed by atoms with Gasteiger partial charge in [-0.1, -0.05) is 25.0 Å². The maximum Gasteiger partial charge on any atom is 0.246 e. The van der Waals surface area contributed by atoms with Crippen molar-refractivity contribution >= 4 is 17.7 Å². The average molecular weight is 406 g/mol. The SMILES string of the molecule is O=C(/C=C/c1ccc(N2CCCCCC2)cc1)N1CC[NH+](Cc2ccncc2)CC1. The number of nitrogens with zero attached hydrogens (tertiary/aromatic N) is 3. The molecule has 2 fully saturated rings. The molecule has 0 bridgehead atoms. The van der Waals surface area contributed by atoms with Crippen LogP contribution in [0.5, 0.6) is 0 Å². The summed E-state index contributed by atoms with van der Waals surface area (Å²) in [5.41, 5.74) is 3.70. The van der Waals surface area contributed by atoms with Crippen molar-refractivity contribution < 1.29 is 9.69 Å². The highest BCUT2D eigenvalue weighted by atomic mass is 16.2. The van der Waals surface area contributed by atoms with Crippen molar-refractivity contribution in [1.29, 1.82) is 0 Å². The molecule has 1 aromatic heterocycles. The van der Waals surface area contributed by atoms with Gasteiger partial charge in [-0.2, -0.15) is 0 Å². The molecule has 30 heavy (non-hydrogen) atoms. The second-order valence-electron chi connectivity index (χ2n) is 8.43. The third-order valence-corrected chi connectivity index (χ3v) is 6.27. The van der Waals surface area contributed by atoms with Gasteiger partial charge in [0.2, 0.25) is 5.91 Å². The van der Waals surface area contributed by atoms with Gasteiger partial charge >= 0.3 is 0 Å². The molecule has 5 nitrogen and oxygen atoms in total. The predicted octanol–water partition coefficient (Wildman–Crippen LogP) is 2.40. The van der Waals surface area contributed by atoms with Crippen LogP contribution in [0.15, 0.2) is 54.9 Å². The molecule has 0 spiro atoms. The summed E-state index contributed by atoms with van der Waals surface area (Å²) in [6.07, 6.45) is 12.6. The van der Waals surface area contributed by atoms with Gasteiger partial charge in [0.15, 0.2) is 0 Å². The lowest BCUT2D eigenvalue weighted by Gasteiger charge is -2.31. The summed E-state index contributed by atoms with van der Waals surface area (Å²) < 4.78 is 0. The molecule has 0 unspecified atom stereocenters. The molecule has 2 saturated heterocycles. The molecular formula is C25H33N4O+. The molecule has 1 N–H and O–H groups in total.